The Labute approximate surface area is 208 Å². The number of nitrogens with zero attached hydrogens (tertiary/aromatic N) is 3. The molecule has 7 heteroatoms. The number of hydrogen-bond donors (Lipinski definition) is 1. The second-order valence-corrected chi connectivity index (χ2v) is 10.5. The van der Waals surface area contributed by atoms with Crippen LogP contribution < -0.4 is 19.7 Å². The maximum absolute atomic E-state index is 12.7. The summed E-state index contributed by atoms with van der Waals surface area (Å²) in [5.41, 5.74) is 0.409. The predicted molar refractivity (Wildman–Crippen MR) is 137 cm³/mol. The second kappa shape index (κ2) is 10.8. The molecule has 188 valence electrons. The van der Waals surface area contributed by atoms with Gasteiger partial charge in [0.15, 0.2) is 11.5 Å². The van der Waals surface area contributed by atoms with Crippen molar-refractivity contribution in [1.29, 1.82) is 0 Å². The summed E-state index contributed by atoms with van der Waals surface area (Å²) < 4.78 is 12.0. The molecule has 6 rings (SSSR count). The highest BCUT2D eigenvalue weighted by Crippen LogP contribution is 2.52. The summed E-state index contributed by atoms with van der Waals surface area (Å²) >= 11 is 0. The molecule has 2 aromatic rings. The number of hydrogen-bond acceptors (Lipinski definition) is 6. The third-order valence-corrected chi connectivity index (χ3v) is 8.15. The molecule has 1 aromatic heterocycles. The predicted octanol–water partition coefficient (Wildman–Crippen LogP) is 5.61. The summed E-state index contributed by atoms with van der Waals surface area (Å²) in [5, 5.41) is 3.02. The van der Waals surface area contributed by atoms with Crippen molar-refractivity contribution in [3.63, 3.8) is 0 Å². The smallest absolute Gasteiger partial charge is 0.227 e. The van der Waals surface area contributed by atoms with Crippen LogP contribution >= 0.6 is 0 Å². The van der Waals surface area contributed by atoms with Crippen LogP contribution in [0.25, 0.3) is 0 Å². The number of fused-ring (bicyclic) bond motifs is 3. The first-order valence-electron chi connectivity index (χ1n) is 13.4. The minimum atomic E-state index is 0.0250. The maximum Gasteiger partial charge on any atom is 0.227 e. The largest absolute Gasteiger partial charge is 0.490 e. The average molecular weight is 479 g/mol. The molecule has 1 aromatic carbocycles. The Morgan fingerprint density at radius 1 is 1.11 bits per heavy atom. The zero-order valence-electron chi connectivity index (χ0n) is 20.9. The number of carbonyl (C=O) groups excluding carboxylic acids is 1. The molecule has 1 atom stereocenters. The van der Waals surface area contributed by atoms with Gasteiger partial charge in [0.2, 0.25) is 11.9 Å². The molecule has 1 aliphatic heterocycles. The number of piperidine rings is 1. The molecule has 0 radical (unpaired) electrons. The third-order valence-electron chi connectivity index (χ3n) is 8.15. The van der Waals surface area contributed by atoms with Crippen LogP contribution in [0.15, 0.2) is 36.5 Å². The lowest BCUT2D eigenvalue weighted by Gasteiger charge is -2.46. The summed E-state index contributed by atoms with van der Waals surface area (Å²) in [6.45, 7) is 4.14. The molecule has 0 spiro atoms. The van der Waals surface area contributed by atoms with Crippen LogP contribution in [0.1, 0.15) is 71.1 Å². The first-order valence-corrected chi connectivity index (χ1v) is 13.4. The molecule has 4 aliphatic rings. The first kappa shape index (κ1) is 23.9. The minimum absolute atomic E-state index is 0.0250. The minimum Gasteiger partial charge on any atom is -0.490 e. The summed E-state index contributed by atoms with van der Waals surface area (Å²) in [7, 11) is 0. The Kier molecular flexibility index (Phi) is 7.40. The van der Waals surface area contributed by atoms with E-state index in [2.05, 4.69) is 20.2 Å². The lowest BCUT2D eigenvalue weighted by Crippen LogP contribution is -2.42. The lowest BCUT2D eigenvalue weighted by atomic mass is 9.59. The van der Waals surface area contributed by atoms with E-state index in [1.165, 1.54) is 38.5 Å². The Hall–Kier alpha value is -2.83. The number of aromatic nitrogens is 2. The van der Waals surface area contributed by atoms with Gasteiger partial charge in [-0.1, -0.05) is 12.1 Å². The summed E-state index contributed by atoms with van der Waals surface area (Å²) in [6, 6.07) is 9.59. The van der Waals surface area contributed by atoms with E-state index in [-0.39, 0.29) is 12.0 Å². The van der Waals surface area contributed by atoms with E-state index in [1.54, 1.807) is 12.3 Å². The lowest BCUT2D eigenvalue weighted by molar-refractivity contribution is -0.117. The van der Waals surface area contributed by atoms with Gasteiger partial charge in [0.1, 0.15) is 11.9 Å². The van der Waals surface area contributed by atoms with Gasteiger partial charge in [0.05, 0.1) is 13.2 Å². The van der Waals surface area contributed by atoms with Gasteiger partial charge in [-0.25, -0.2) is 4.98 Å². The molecule has 0 unspecified atom stereocenters. The third kappa shape index (κ3) is 5.88. The van der Waals surface area contributed by atoms with E-state index in [1.807, 2.05) is 31.2 Å². The van der Waals surface area contributed by atoms with Crippen molar-refractivity contribution in [1.82, 2.24) is 9.97 Å². The molecule has 3 saturated carbocycles. The van der Waals surface area contributed by atoms with E-state index in [9.17, 15) is 4.79 Å². The highest BCUT2D eigenvalue weighted by atomic mass is 16.5. The van der Waals surface area contributed by atoms with Gasteiger partial charge < -0.3 is 19.7 Å². The maximum atomic E-state index is 12.7. The Bertz CT molecular complexity index is 991. The van der Waals surface area contributed by atoms with Crippen molar-refractivity contribution >= 4 is 17.7 Å². The SMILES string of the molecule is CCOc1ccccc1O[C@@H]1CCCN(c2nccc(NC(=O)CCC34CCC(CC3)CC4)n2)C1. The molecule has 1 saturated heterocycles. The summed E-state index contributed by atoms with van der Waals surface area (Å²) in [5.74, 6) is 3.77. The Morgan fingerprint density at radius 3 is 2.66 bits per heavy atom. The van der Waals surface area contributed by atoms with E-state index in [4.69, 9.17) is 9.47 Å². The summed E-state index contributed by atoms with van der Waals surface area (Å²) in [4.78, 5) is 24.0. The summed E-state index contributed by atoms with van der Waals surface area (Å²) in [6.07, 6.45) is 13.3. The van der Waals surface area contributed by atoms with Crippen molar-refractivity contribution < 1.29 is 14.3 Å². The molecular weight excluding hydrogens is 440 g/mol. The van der Waals surface area contributed by atoms with Crippen LogP contribution in [0.3, 0.4) is 0 Å². The quantitative estimate of drug-likeness (QED) is 0.505. The van der Waals surface area contributed by atoms with Crippen LogP contribution in [-0.2, 0) is 4.79 Å². The molecule has 4 fully saturated rings. The van der Waals surface area contributed by atoms with Crippen LogP contribution in [0.4, 0.5) is 11.8 Å². The number of ether oxygens (including phenoxy) is 2. The van der Waals surface area contributed by atoms with E-state index in [0.29, 0.717) is 36.8 Å². The van der Waals surface area contributed by atoms with Crippen LogP contribution in [0.2, 0.25) is 0 Å². The topological polar surface area (TPSA) is 76.6 Å². The second-order valence-electron chi connectivity index (χ2n) is 10.5. The van der Waals surface area contributed by atoms with Crippen molar-refractivity contribution in [2.45, 2.75) is 77.2 Å². The molecular formula is C28H38N4O3. The van der Waals surface area contributed by atoms with E-state index >= 15 is 0 Å². The van der Waals surface area contributed by atoms with E-state index < -0.39 is 0 Å². The standard InChI is InChI=1S/C28H38N4O3/c1-2-34-23-7-3-4-8-24(23)35-22-6-5-19-32(20-22)27-29-18-13-25(31-27)30-26(33)12-17-28-14-9-21(10-15-28)11-16-28/h3-4,7-8,13,18,21-22H,2,5-6,9-12,14-17,19-20H2,1H3,(H,29,30,31,33)/t21?,22-,28?/m1/s1. The highest BCUT2D eigenvalue weighted by Gasteiger charge is 2.40. The number of amides is 1. The van der Waals surface area contributed by atoms with Gasteiger partial charge >= 0.3 is 0 Å². The molecule has 35 heavy (non-hydrogen) atoms. The monoisotopic (exact) mass is 478 g/mol. The van der Waals surface area contributed by atoms with E-state index in [0.717, 1.165) is 43.2 Å². The molecule has 1 N–H and O–H groups in total. The Balaban J connectivity index is 1.16. The van der Waals surface area contributed by atoms with Crippen LogP contribution in [0.5, 0.6) is 11.5 Å². The average Bonchev–Trinajstić information content (AvgIpc) is 2.90. The van der Waals surface area contributed by atoms with Gasteiger partial charge in [-0.2, -0.15) is 4.98 Å². The fraction of sp³-hybridized carbons (Fsp3) is 0.607. The Morgan fingerprint density at radius 2 is 1.89 bits per heavy atom. The van der Waals surface area contributed by atoms with Gasteiger partial charge in [-0.05, 0) is 94.2 Å². The van der Waals surface area contributed by atoms with Gasteiger partial charge in [-0.3, -0.25) is 4.79 Å². The number of benzene rings is 1. The molecule has 1 amide bonds. The van der Waals surface area contributed by atoms with Crippen molar-refractivity contribution in [2.75, 3.05) is 29.9 Å². The molecule has 3 aliphatic carbocycles. The van der Waals surface area contributed by atoms with Gasteiger partial charge in [0, 0.05) is 19.2 Å². The molecule has 7 nitrogen and oxygen atoms in total. The number of carbonyl (C=O) groups is 1. The molecule has 2 bridgehead atoms. The highest BCUT2D eigenvalue weighted by molar-refractivity contribution is 5.89. The zero-order valence-corrected chi connectivity index (χ0v) is 20.9. The van der Waals surface area contributed by atoms with Crippen molar-refractivity contribution in [3.8, 4) is 11.5 Å². The molecule has 2 heterocycles. The van der Waals surface area contributed by atoms with Gasteiger partial charge in [-0.15, -0.1) is 0 Å². The van der Waals surface area contributed by atoms with Crippen molar-refractivity contribution in [3.05, 3.63) is 36.5 Å². The first-order chi connectivity index (χ1) is 17.1. The van der Waals surface area contributed by atoms with Crippen LogP contribution in [-0.4, -0.2) is 41.7 Å². The van der Waals surface area contributed by atoms with Gasteiger partial charge in [0.25, 0.3) is 0 Å². The number of nitrogens with one attached hydrogen (secondary N) is 1. The number of rotatable bonds is 9. The van der Waals surface area contributed by atoms with Crippen LogP contribution in [0, 0.1) is 11.3 Å². The number of para-hydroxylation sites is 2. The fourth-order valence-corrected chi connectivity index (χ4v) is 6.09. The number of anilines is 2. The zero-order chi connectivity index (χ0) is 24.1. The normalized spacial score (nSPS) is 25.8. The fourth-order valence-electron chi connectivity index (χ4n) is 6.09. The van der Waals surface area contributed by atoms with Crippen molar-refractivity contribution in [2.24, 2.45) is 11.3 Å².